The van der Waals surface area contributed by atoms with E-state index in [1.807, 2.05) is 12.1 Å². The molecule has 0 radical (unpaired) electrons. The van der Waals surface area contributed by atoms with Crippen molar-refractivity contribution in [3.8, 4) is 0 Å². The molecule has 0 spiro atoms. The summed E-state index contributed by atoms with van der Waals surface area (Å²) in [5, 5.41) is 0.965. The van der Waals surface area contributed by atoms with Crippen LogP contribution in [0.4, 0.5) is 0 Å². The van der Waals surface area contributed by atoms with Gasteiger partial charge < -0.3 is 4.98 Å². The first-order valence-electron chi connectivity index (χ1n) is 5.25. The van der Waals surface area contributed by atoms with E-state index in [1.54, 1.807) is 13.1 Å². The maximum absolute atomic E-state index is 11.6. The highest BCUT2D eigenvalue weighted by atomic mass is 16.1. The lowest BCUT2D eigenvalue weighted by molar-refractivity contribution is 0.101. The molecule has 1 aliphatic carbocycles. The summed E-state index contributed by atoms with van der Waals surface area (Å²) in [5.74, 6) is 0.689. The normalized spacial score (nSPS) is 15.8. The maximum atomic E-state index is 11.6. The third kappa shape index (κ3) is 1.27. The number of carbonyl (C=O) groups excluding carboxylic acids is 1. The summed E-state index contributed by atoms with van der Waals surface area (Å²) in [6.07, 6.45) is 4.12. The van der Waals surface area contributed by atoms with Gasteiger partial charge in [-0.15, -0.1) is 0 Å². The lowest BCUT2D eigenvalue weighted by Gasteiger charge is -1.97. The third-order valence-corrected chi connectivity index (χ3v) is 2.94. The van der Waals surface area contributed by atoms with E-state index in [2.05, 4.69) is 9.97 Å². The summed E-state index contributed by atoms with van der Waals surface area (Å²) in [6, 6.07) is 3.83. The lowest BCUT2D eigenvalue weighted by Crippen LogP contribution is -1.95. The van der Waals surface area contributed by atoms with Crippen molar-refractivity contribution in [3.05, 3.63) is 29.6 Å². The number of fused-ring (bicyclic) bond motifs is 1. The summed E-state index contributed by atoms with van der Waals surface area (Å²) in [4.78, 5) is 19.1. The van der Waals surface area contributed by atoms with Crippen LogP contribution >= 0.6 is 0 Å². The van der Waals surface area contributed by atoms with E-state index >= 15 is 0 Å². The molecule has 0 saturated heterocycles. The van der Waals surface area contributed by atoms with E-state index in [1.165, 1.54) is 12.8 Å². The van der Waals surface area contributed by atoms with Crippen LogP contribution in [0.3, 0.4) is 0 Å². The Bertz CT molecular complexity index is 538. The van der Waals surface area contributed by atoms with Crippen LogP contribution < -0.4 is 0 Å². The number of pyridine rings is 1. The molecular formula is C12H12N2O. The van der Waals surface area contributed by atoms with Gasteiger partial charge in [0.15, 0.2) is 5.78 Å². The molecule has 0 aromatic carbocycles. The van der Waals surface area contributed by atoms with Gasteiger partial charge in [-0.2, -0.15) is 0 Å². The topological polar surface area (TPSA) is 45.8 Å². The fraction of sp³-hybridized carbons (Fsp3) is 0.333. The SMILES string of the molecule is CC(=O)c1c(C2CC2)[nH]c2ncccc12. The van der Waals surface area contributed by atoms with Gasteiger partial charge >= 0.3 is 0 Å². The van der Waals surface area contributed by atoms with Gasteiger partial charge in [0.05, 0.1) is 0 Å². The first kappa shape index (κ1) is 8.65. The van der Waals surface area contributed by atoms with E-state index in [0.29, 0.717) is 5.92 Å². The van der Waals surface area contributed by atoms with Crippen molar-refractivity contribution in [2.45, 2.75) is 25.7 Å². The van der Waals surface area contributed by atoms with Crippen LogP contribution in [0.2, 0.25) is 0 Å². The van der Waals surface area contributed by atoms with Crippen molar-refractivity contribution in [2.75, 3.05) is 0 Å². The van der Waals surface area contributed by atoms with E-state index in [0.717, 1.165) is 22.3 Å². The fourth-order valence-corrected chi connectivity index (χ4v) is 2.10. The molecule has 0 amide bonds. The van der Waals surface area contributed by atoms with Gasteiger partial charge in [-0.3, -0.25) is 4.79 Å². The third-order valence-electron chi connectivity index (χ3n) is 2.94. The number of carbonyl (C=O) groups is 1. The number of rotatable bonds is 2. The Balaban J connectivity index is 2.33. The maximum Gasteiger partial charge on any atom is 0.162 e. The Hall–Kier alpha value is -1.64. The Morgan fingerprint density at radius 1 is 1.53 bits per heavy atom. The summed E-state index contributed by atoms with van der Waals surface area (Å²) < 4.78 is 0. The molecule has 0 unspecified atom stereocenters. The molecule has 1 aliphatic rings. The number of Topliss-reactive ketones (excluding diaryl/α,β-unsaturated/α-hetero) is 1. The molecule has 0 aliphatic heterocycles. The molecule has 1 saturated carbocycles. The second-order valence-electron chi connectivity index (χ2n) is 4.14. The van der Waals surface area contributed by atoms with Gasteiger partial charge in [0.25, 0.3) is 0 Å². The molecule has 76 valence electrons. The molecule has 3 heteroatoms. The Labute approximate surface area is 87.5 Å². The highest BCUT2D eigenvalue weighted by Gasteiger charge is 2.30. The van der Waals surface area contributed by atoms with Crippen molar-refractivity contribution < 1.29 is 4.79 Å². The summed E-state index contributed by atoms with van der Waals surface area (Å²) in [5.41, 5.74) is 2.78. The predicted octanol–water partition coefficient (Wildman–Crippen LogP) is 2.64. The minimum Gasteiger partial charge on any atom is -0.342 e. The monoisotopic (exact) mass is 200 g/mol. The molecule has 1 N–H and O–H groups in total. The first-order chi connectivity index (χ1) is 7.27. The van der Waals surface area contributed by atoms with Gasteiger partial charge in [0.2, 0.25) is 0 Å². The Morgan fingerprint density at radius 3 is 3.00 bits per heavy atom. The summed E-state index contributed by atoms with van der Waals surface area (Å²) in [6.45, 7) is 1.63. The fourth-order valence-electron chi connectivity index (χ4n) is 2.10. The van der Waals surface area contributed by atoms with Crippen molar-refractivity contribution in [1.29, 1.82) is 0 Å². The number of hydrogen-bond acceptors (Lipinski definition) is 2. The molecule has 0 bridgehead atoms. The van der Waals surface area contributed by atoms with Gasteiger partial charge in [0, 0.05) is 22.8 Å². The number of nitrogens with zero attached hydrogens (tertiary/aromatic N) is 1. The molecule has 2 aromatic rings. The average Bonchev–Trinajstić information content (AvgIpc) is 2.98. The Kier molecular flexibility index (Phi) is 1.69. The minimum atomic E-state index is 0.135. The number of hydrogen-bond donors (Lipinski definition) is 1. The average molecular weight is 200 g/mol. The van der Waals surface area contributed by atoms with Crippen molar-refractivity contribution in [3.63, 3.8) is 0 Å². The zero-order valence-electron chi connectivity index (χ0n) is 8.58. The molecule has 1 fully saturated rings. The van der Waals surface area contributed by atoms with Crippen LogP contribution in [-0.2, 0) is 0 Å². The standard InChI is InChI=1S/C12H12N2O/c1-7(15)10-9-3-2-6-13-12(9)14-11(10)8-4-5-8/h2-3,6,8H,4-5H2,1H3,(H,13,14). The number of aromatic amines is 1. The second-order valence-corrected chi connectivity index (χ2v) is 4.14. The molecule has 2 heterocycles. The molecule has 15 heavy (non-hydrogen) atoms. The number of aromatic nitrogens is 2. The quantitative estimate of drug-likeness (QED) is 0.757. The van der Waals surface area contributed by atoms with Gasteiger partial charge in [-0.25, -0.2) is 4.98 Å². The lowest BCUT2D eigenvalue weighted by atomic mass is 10.1. The number of H-pyrrole nitrogens is 1. The van der Waals surface area contributed by atoms with Crippen LogP contribution in [0.15, 0.2) is 18.3 Å². The van der Waals surface area contributed by atoms with Crippen LogP contribution in [0, 0.1) is 0 Å². The van der Waals surface area contributed by atoms with E-state index in [4.69, 9.17) is 0 Å². The predicted molar refractivity (Wildman–Crippen MR) is 58.1 cm³/mol. The summed E-state index contributed by atoms with van der Waals surface area (Å²) in [7, 11) is 0. The molecule has 0 atom stereocenters. The molecule has 3 nitrogen and oxygen atoms in total. The van der Waals surface area contributed by atoms with Crippen molar-refractivity contribution in [1.82, 2.24) is 9.97 Å². The molecule has 3 rings (SSSR count). The first-order valence-corrected chi connectivity index (χ1v) is 5.25. The van der Waals surface area contributed by atoms with Gasteiger partial charge in [-0.1, -0.05) is 0 Å². The second kappa shape index (κ2) is 2.92. The zero-order valence-corrected chi connectivity index (χ0v) is 8.58. The van der Waals surface area contributed by atoms with E-state index in [9.17, 15) is 4.79 Å². The highest BCUT2D eigenvalue weighted by molar-refractivity contribution is 6.07. The van der Waals surface area contributed by atoms with Gasteiger partial charge in [-0.05, 0) is 37.8 Å². The highest BCUT2D eigenvalue weighted by Crippen LogP contribution is 2.42. The van der Waals surface area contributed by atoms with Crippen LogP contribution in [0.25, 0.3) is 11.0 Å². The minimum absolute atomic E-state index is 0.135. The van der Waals surface area contributed by atoms with E-state index < -0.39 is 0 Å². The van der Waals surface area contributed by atoms with E-state index in [-0.39, 0.29) is 5.78 Å². The smallest absolute Gasteiger partial charge is 0.162 e. The van der Waals surface area contributed by atoms with Crippen LogP contribution in [0.1, 0.15) is 41.7 Å². The molecular weight excluding hydrogens is 188 g/mol. The van der Waals surface area contributed by atoms with Gasteiger partial charge in [0.1, 0.15) is 5.65 Å². The largest absolute Gasteiger partial charge is 0.342 e. The summed E-state index contributed by atoms with van der Waals surface area (Å²) >= 11 is 0. The number of nitrogens with one attached hydrogen (secondary N) is 1. The Morgan fingerprint density at radius 2 is 2.33 bits per heavy atom. The van der Waals surface area contributed by atoms with Crippen molar-refractivity contribution >= 4 is 16.8 Å². The van der Waals surface area contributed by atoms with Crippen LogP contribution in [0.5, 0.6) is 0 Å². The van der Waals surface area contributed by atoms with Crippen molar-refractivity contribution in [2.24, 2.45) is 0 Å². The van der Waals surface area contributed by atoms with Crippen LogP contribution in [-0.4, -0.2) is 15.8 Å². The number of ketones is 1. The molecule has 2 aromatic heterocycles. The zero-order chi connectivity index (χ0) is 10.4.